The number of fused-ring (bicyclic) bond motifs is 7. The predicted octanol–water partition coefficient (Wildman–Crippen LogP) is 7.40. The van der Waals surface area contributed by atoms with Gasteiger partial charge in [0.25, 0.3) is 0 Å². The van der Waals surface area contributed by atoms with Gasteiger partial charge in [-0.05, 0) is 115 Å². The van der Waals surface area contributed by atoms with Crippen molar-refractivity contribution < 1.29 is 4.79 Å². The van der Waals surface area contributed by atoms with Crippen molar-refractivity contribution in [3.05, 3.63) is 40.5 Å². The zero-order chi connectivity index (χ0) is 21.7. The quantitative estimate of drug-likeness (QED) is 0.440. The third kappa shape index (κ3) is 2.44. The highest BCUT2D eigenvalue weighted by atomic mass is 16.1. The molecule has 0 aliphatic heterocycles. The fourth-order valence-electron chi connectivity index (χ4n) is 8.16. The first-order valence-electron chi connectivity index (χ1n) is 12.2. The molecule has 0 spiro atoms. The third-order valence-electron chi connectivity index (χ3n) is 10.7. The highest BCUT2D eigenvalue weighted by Crippen LogP contribution is 2.70. The van der Waals surface area contributed by atoms with Gasteiger partial charge in [0.2, 0.25) is 0 Å². The summed E-state index contributed by atoms with van der Waals surface area (Å²) >= 11 is 0. The number of carbonyl (C=O) groups is 1. The van der Waals surface area contributed by atoms with Gasteiger partial charge in [-0.25, -0.2) is 0 Å². The van der Waals surface area contributed by atoms with Crippen molar-refractivity contribution in [1.29, 1.82) is 0 Å². The van der Waals surface area contributed by atoms with E-state index in [0.29, 0.717) is 16.2 Å². The molecule has 0 heterocycles. The van der Waals surface area contributed by atoms with Gasteiger partial charge >= 0.3 is 0 Å². The molecule has 0 radical (unpaired) electrons. The van der Waals surface area contributed by atoms with Gasteiger partial charge in [-0.1, -0.05) is 52.8 Å². The standard InChI is InChI=1S/C29H40O/c1-25(2)14-15-27(5)16-17-28(6)22-10-9-21-19(8-11-24(30)26(21,3)4)20(22)12-13-29(28,7)23(27)18-25/h8-11,23H,12-18H2,1-7H3/t23-,27-,28-,29+/m1/s1. The van der Waals surface area contributed by atoms with Gasteiger partial charge in [0.05, 0.1) is 5.41 Å². The van der Waals surface area contributed by atoms with Crippen molar-refractivity contribution in [2.24, 2.45) is 22.2 Å². The summed E-state index contributed by atoms with van der Waals surface area (Å²) in [6, 6.07) is 4.72. The minimum absolute atomic E-state index is 0.229. The van der Waals surface area contributed by atoms with Crippen molar-refractivity contribution in [3.63, 3.8) is 0 Å². The lowest BCUT2D eigenvalue weighted by Crippen LogP contribution is -2.60. The number of carbonyl (C=O) groups excluding carboxylic acids is 1. The van der Waals surface area contributed by atoms with E-state index in [9.17, 15) is 4.79 Å². The van der Waals surface area contributed by atoms with E-state index in [1.54, 1.807) is 11.1 Å². The van der Waals surface area contributed by atoms with Gasteiger partial charge in [0, 0.05) is 0 Å². The SMILES string of the molecule is CC1(C)CC[C@]2(C)CC[C@]3(C)c4ccc5c(c4CC[C@@]3(C)[C@@H]2C1)C=CC(=O)C5(C)C. The molecule has 2 fully saturated rings. The van der Waals surface area contributed by atoms with Crippen LogP contribution in [-0.2, 0) is 22.0 Å². The molecule has 5 rings (SSSR count). The first kappa shape index (κ1) is 20.5. The van der Waals surface area contributed by atoms with E-state index in [4.69, 9.17) is 0 Å². The Morgan fingerprint density at radius 3 is 2.20 bits per heavy atom. The summed E-state index contributed by atoms with van der Waals surface area (Å²) in [5, 5.41) is 0. The lowest BCUT2D eigenvalue weighted by Gasteiger charge is -2.67. The Balaban J connectivity index is 1.66. The Hall–Kier alpha value is -1.37. The highest BCUT2D eigenvalue weighted by Gasteiger charge is 2.62. The van der Waals surface area contributed by atoms with Gasteiger partial charge < -0.3 is 0 Å². The van der Waals surface area contributed by atoms with Gasteiger partial charge in [0.15, 0.2) is 5.78 Å². The lowest BCUT2D eigenvalue weighted by atomic mass is 9.37. The Morgan fingerprint density at radius 2 is 1.47 bits per heavy atom. The molecule has 0 aromatic heterocycles. The van der Waals surface area contributed by atoms with Gasteiger partial charge in [0.1, 0.15) is 0 Å². The van der Waals surface area contributed by atoms with Crippen LogP contribution in [0.5, 0.6) is 0 Å². The van der Waals surface area contributed by atoms with Crippen LogP contribution in [-0.4, -0.2) is 5.78 Å². The molecular weight excluding hydrogens is 364 g/mol. The third-order valence-corrected chi connectivity index (χ3v) is 10.7. The second kappa shape index (κ2) is 5.90. The fourth-order valence-corrected chi connectivity index (χ4v) is 8.16. The van der Waals surface area contributed by atoms with Crippen LogP contribution in [0.25, 0.3) is 6.08 Å². The predicted molar refractivity (Wildman–Crippen MR) is 126 cm³/mol. The summed E-state index contributed by atoms with van der Waals surface area (Å²) in [4.78, 5) is 12.6. The van der Waals surface area contributed by atoms with Gasteiger partial charge in [-0.2, -0.15) is 0 Å². The minimum Gasteiger partial charge on any atom is -0.294 e. The second-order valence-corrected chi connectivity index (χ2v) is 13.2. The van der Waals surface area contributed by atoms with Crippen molar-refractivity contribution in [2.75, 3.05) is 0 Å². The Bertz CT molecular complexity index is 963. The number of allylic oxidation sites excluding steroid dienone is 1. The van der Waals surface area contributed by atoms with Crippen molar-refractivity contribution in [1.82, 2.24) is 0 Å². The van der Waals surface area contributed by atoms with Crippen LogP contribution in [0, 0.1) is 22.2 Å². The smallest absolute Gasteiger partial charge is 0.165 e. The van der Waals surface area contributed by atoms with E-state index in [2.05, 4.69) is 66.7 Å². The molecule has 0 N–H and O–H groups in total. The number of hydrogen-bond donors (Lipinski definition) is 0. The second-order valence-electron chi connectivity index (χ2n) is 13.2. The highest BCUT2D eigenvalue weighted by molar-refractivity contribution is 6.04. The Labute approximate surface area is 183 Å². The zero-order valence-corrected chi connectivity index (χ0v) is 20.2. The van der Waals surface area contributed by atoms with Crippen molar-refractivity contribution >= 4 is 11.9 Å². The maximum Gasteiger partial charge on any atom is 0.165 e. The van der Waals surface area contributed by atoms with Crippen molar-refractivity contribution in [2.45, 2.75) is 104 Å². The molecule has 1 heteroatoms. The lowest BCUT2D eigenvalue weighted by molar-refractivity contribution is -0.128. The number of rotatable bonds is 0. The molecule has 1 nitrogen and oxygen atoms in total. The Morgan fingerprint density at radius 1 is 0.800 bits per heavy atom. The average Bonchev–Trinajstić information content (AvgIpc) is 2.67. The monoisotopic (exact) mass is 404 g/mol. The number of hydrogen-bond acceptors (Lipinski definition) is 1. The topological polar surface area (TPSA) is 17.1 Å². The molecule has 0 saturated heterocycles. The van der Waals surface area contributed by atoms with Crippen LogP contribution >= 0.6 is 0 Å². The van der Waals surface area contributed by atoms with Crippen molar-refractivity contribution in [3.8, 4) is 0 Å². The first-order chi connectivity index (χ1) is 13.8. The van der Waals surface area contributed by atoms with E-state index >= 15 is 0 Å². The zero-order valence-electron chi connectivity index (χ0n) is 20.2. The molecule has 0 amide bonds. The molecule has 2 saturated carbocycles. The largest absolute Gasteiger partial charge is 0.294 e. The molecule has 4 aliphatic carbocycles. The minimum atomic E-state index is -0.403. The maximum atomic E-state index is 12.6. The van der Waals surface area contributed by atoms with Gasteiger partial charge in [-0.15, -0.1) is 0 Å². The van der Waals surface area contributed by atoms with Crippen LogP contribution < -0.4 is 0 Å². The van der Waals surface area contributed by atoms with Crippen LogP contribution in [0.2, 0.25) is 0 Å². The Kier molecular flexibility index (Phi) is 4.04. The number of ketones is 1. The van der Waals surface area contributed by atoms with E-state index in [0.717, 1.165) is 12.3 Å². The summed E-state index contributed by atoms with van der Waals surface area (Å²) in [7, 11) is 0. The summed E-state index contributed by atoms with van der Waals surface area (Å²) in [5.74, 6) is 1.03. The molecule has 1 aromatic carbocycles. The summed E-state index contributed by atoms with van der Waals surface area (Å²) in [6.45, 7) is 17.0. The summed E-state index contributed by atoms with van der Waals surface area (Å²) in [6.07, 6.45) is 13.2. The molecule has 30 heavy (non-hydrogen) atoms. The van der Waals surface area contributed by atoms with E-state index in [1.807, 2.05) is 6.08 Å². The van der Waals surface area contributed by atoms with E-state index in [1.165, 1.54) is 49.7 Å². The van der Waals surface area contributed by atoms with Crippen LogP contribution in [0.4, 0.5) is 0 Å². The van der Waals surface area contributed by atoms with Crippen LogP contribution in [0.3, 0.4) is 0 Å². The molecule has 0 unspecified atom stereocenters. The fraction of sp³-hybridized carbons (Fsp3) is 0.690. The summed E-state index contributed by atoms with van der Waals surface area (Å²) in [5.41, 5.74) is 6.88. The summed E-state index contributed by atoms with van der Waals surface area (Å²) < 4.78 is 0. The molecular formula is C29H40O. The van der Waals surface area contributed by atoms with Gasteiger partial charge in [-0.3, -0.25) is 4.79 Å². The molecule has 4 atom stereocenters. The van der Waals surface area contributed by atoms with Crippen LogP contribution in [0.15, 0.2) is 18.2 Å². The average molecular weight is 405 g/mol. The van der Waals surface area contributed by atoms with E-state index < -0.39 is 5.41 Å². The molecule has 0 bridgehead atoms. The van der Waals surface area contributed by atoms with E-state index in [-0.39, 0.29) is 11.2 Å². The maximum absolute atomic E-state index is 12.6. The molecule has 4 aliphatic rings. The first-order valence-corrected chi connectivity index (χ1v) is 12.2. The normalized spacial score (nSPS) is 40.8. The number of benzene rings is 1. The molecule has 162 valence electrons. The van der Waals surface area contributed by atoms with Crippen LogP contribution in [0.1, 0.15) is 109 Å². The molecule has 1 aromatic rings.